The SMILES string of the molecule is CC(Oc1cccc(Cl)c1)C(=O)N/N=C/c1ccc(OCc2ccccc2)cc1. The minimum absolute atomic E-state index is 0.357. The average molecular weight is 409 g/mol. The topological polar surface area (TPSA) is 59.9 Å². The average Bonchev–Trinajstić information content (AvgIpc) is 2.74. The zero-order valence-corrected chi connectivity index (χ0v) is 16.7. The number of benzene rings is 3. The summed E-state index contributed by atoms with van der Waals surface area (Å²) in [6.45, 7) is 2.15. The van der Waals surface area contributed by atoms with Gasteiger partial charge in [0.25, 0.3) is 5.91 Å². The number of nitrogens with one attached hydrogen (secondary N) is 1. The number of ether oxygens (including phenoxy) is 2. The number of hydrazone groups is 1. The van der Waals surface area contributed by atoms with Gasteiger partial charge < -0.3 is 9.47 Å². The minimum atomic E-state index is -0.709. The van der Waals surface area contributed by atoms with Gasteiger partial charge in [0.05, 0.1) is 6.21 Å². The van der Waals surface area contributed by atoms with Gasteiger partial charge in [0.15, 0.2) is 6.10 Å². The van der Waals surface area contributed by atoms with Gasteiger partial charge in [0.2, 0.25) is 0 Å². The predicted octanol–water partition coefficient (Wildman–Crippen LogP) is 4.84. The van der Waals surface area contributed by atoms with E-state index in [0.29, 0.717) is 17.4 Å². The number of hydrogen-bond acceptors (Lipinski definition) is 4. The van der Waals surface area contributed by atoms with Gasteiger partial charge in [-0.05, 0) is 60.5 Å². The molecule has 6 heteroatoms. The second-order valence-electron chi connectivity index (χ2n) is 6.30. The van der Waals surface area contributed by atoms with Gasteiger partial charge >= 0.3 is 0 Å². The Kier molecular flexibility index (Phi) is 7.25. The molecule has 0 bridgehead atoms. The monoisotopic (exact) mass is 408 g/mol. The first-order valence-corrected chi connectivity index (χ1v) is 9.50. The Hall–Kier alpha value is -3.31. The number of hydrogen-bond donors (Lipinski definition) is 1. The zero-order valence-electron chi connectivity index (χ0n) is 15.9. The highest BCUT2D eigenvalue weighted by Gasteiger charge is 2.13. The van der Waals surface area contributed by atoms with Gasteiger partial charge in [-0.2, -0.15) is 5.10 Å². The minimum Gasteiger partial charge on any atom is -0.489 e. The summed E-state index contributed by atoms with van der Waals surface area (Å²) in [7, 11) is 0. The van der Waals surface area contributed by atoms with E-state index < -0.39 is 6.10 Å². The second kappa shape index (κ2) is 10.3. The lowest BCUT2D eigenvalue weighted by atomic mass is 10.2. The number of nitrogens with zero attached hydrogens (tertiary/aromatic N) is 1. The third-order valence-corrected chi connectivity index (χ3v) is 4.23. The highest BCUT2D eigenvalue weighted by Crippen LogP contribution is 2.18. The standard InChI is InChI=1S/C23H21ClN2O3/c1-17(29-22-9-5-8-20(24)14-22)23(27)26-25-15-18-10-12-21(13-11-18)28-16-19-6-3-2-4-7-19/h2-15,17H,16H2,1H3,(H,26,27)/b25-15+. The van der Waals surface area contributed by atoms with Gasteiger partial charge in [-0.3, -0.25) is 4.79 Å². The van der Waals surface area contributed by atoms with Crippen LogP contribution in [-0.2, 0) is 11.4 Å². The molecule has 3 aromatic rings. The summed E-state index contributed by atoms with van der Waals surface area (Å²) >= 11 is 5.91. The summed E-state index contributed by atoms with van der Waals surface area (Å²) < 4.78 is 11.3. The van der Waals surface area contributed by atoms with E-state index in [-0.39, 0.29) is 5.91 Å². The van der Waals surface area contributed by atoms with Gasteiger partial charge in [-0.25, -0.2) is 5.43 Å². The van der Waals surface area contributed by atoms with E-state index in [9.17, 15) is 4.79 Å². The van der Waals surface area contributed by atoms with Crippen molar-refractivity contribution in [2.75, 3.05) is 0 Å². The Morgan fingerprint density at radius 2 is 1.79 bits per heavy atom. The molecule has 0 fully saturated rings. The summed E-state index contributed by atoms with van der Waals surface area (Å²) in [6.07, 6.45) is 0.852. The lowest BCUT2D eigenvalue weighted by molar-refractivity contribution is -0.127. The van der Waals surface area contributed by atoms with Crippen LogP contribution in [0.15, 0.2) is 84.0 Å². The Morgan fingerprint density at radius 3 is 2.52 bits per heavy atom. The van der Waals surface area contributed by atoms with Crippen molar-refractivity contribution < 1.29 is 14.3 Å². The summed E-state index contributed by atoms with van der Waals surface area (Å²) in [5.41, 5.74) is 4.41. The van der Waals surface area contributed by atoms with E-state index in [1.54, 1.807) is 37.4 Å². The van der Waals surface area contributed by atoms with E-state index >= 15 is 0 Å². The zero-order chi connectivity index (χ0) is 20.5. The molecule has 0 spiro atoms. The maximum absolute atomic E-state index is 12.1. The molecule has 5 nitrogen and oxygen atoms in total. The highest BCUT2D eigenvalue weighted by atomic mass is 35.5. The van der Waals surface area contributed by atoms with Crippen LogP contribution in [-0.4, -0.2) is 18.2 Å². The van der Waals surface area contributed by atoms with Crippen molar-refractivity contribution in [3.8, 4) is 11.5 Å². The van der Waals surface area contributed by atoms with Crippen LogP contribution in [0.4, 0.5) is 0 Å². The molecule has 0 aromatic heterocycles. The number of carbonyl (C=O) groups is 1. The van der Waals surface area contributed by atoms with E-state index in [1.807, 2.05) is 54.6 Å². The first kappa shape index (κ1) is 20.4. The van der Waals surface area contributed by atoms with E-state index in [4.69, 9.17) is 21.1 Å². The Labute approximate surface area is 174 Å². The van der Waals surface area contributed by atoms with Crippen LogP contribution in [0.25, 0.3) is 0 Å². The largest absolute Gasteiger partial charge is 0.489 e. The second-order valence-corrected chi connectivity index (χ2v) is 6.73. The Balaban J connectivity index is 1.46. The lowest BCUT2D eigenvalue weighted by Gasteiger charge is -2.12. The molecule has 148 valence electrons. The third kappa shape index (κ3) is 6.66. The summed E-state index contributed by atoms with van der Waals surface area (Å²) in [5.74, 6) is 0.929. The molecule has 0 aliphatic carbocycles. The Morgan fingerprint density at radius 1 is 1.03 bits per heavy atom. The quantitative estimate of drug-likeness (QED) is 0.428. The smallest absolute Gasteiger partial charge is 0.280 e. The number of rotatable bonds is 8. The van der Waals surface area contributed by atoms with E-state index in [0.717, 1.165) is 16.9 Å². The summed E-state index contributed by atoms with van der Waals surface area (Å²) in [4.78, 5) is 12.1. The van der Waals surface area contributed by atoms with Crippen LogP contribution in [0.3, 0.4) is 0 Å². The van der Waals surface area contributed by atoms with Gasteiger partial charge in [0.1, 0.15) is 18.1 Å². The molecule has 0 saturated carbocycles. The molecular weight excluding hydrogens is 388 g/mol. The molecule has 1 unspecified atom stereocenters. The normalized spacial score (nSPS) is 11.8. The van der Waals surface area contributed by atoms with Gasteiger partial charge in [-0.1, -0.05) is 48.0 Å². The lowest BCUT2D eigenvalue weighted by Crippen LogP contribution is -2.33. The van der Waals surface area contributed by atoms with Crippen LogP contribution < -0.4 is 14.9 Å². The van der Waals surface area contributed by atoms with Gasteiger partial charge in [-0.15, -0.1) is 0 Å². The molecule has 0 aliphatic heterocycles. The molecule has 3 aromatic carbocycles. The molecule has 0 radical (unpaired) electrons. The Bertz CT molecular complexity index is 959. The number of carbonyl (C=O) groups excluding carboxylic acids is 1. The molecule has 0 saturated heterocycles. The predicted molar refractivity (Wildman–Crippen MR) is 114 cm³/mol. The molecule has 0 aliphatic rings. The molecule has 29 heavy (non-hydrogen) atoms. The van der Waals surface area contributed by atoms with Crippen LogP contribution >= 0.6 is 11.6 Å². The maximum Gasteiger partial charge on any atom is 0.280 e. The fraction of sp³-hybridized carbons (Fsp3) is 0.130. The van der Waals surface area contributed by atoms with Crippen LogP contribution in [0.5, 0.6) is 11.5 Å². The first-order chi connectivity index (χ1) is 14.1. The van der Waals surface area contributed by atoms with Crippen molar-refractivity contribution in [1.29, 1.82) is 0 Å². The summed E-state index contributed by atoms with van der Waals surface area (Å²) in [6, 6.07) is 24.3. The van der Waals surface area contributed by atoms with Crippen molar-refractivity contribution in [2.24, 2.45) is 5.10 Å². The number of halogens is 1. The molecule has 3 rings (SSSR count). The van der Waals surface area contributed by atoms with Crippen molar-refractivity contribution >= 4 is 23.7 Å². The van der Waals surface area contributed by atoms with Crippen molar-refractivity contribution in [2.45, 2.75) is 19.6 Å². The highest BCUT2D eigenvalue weighted by molar-refractivity contribution is 6.30. The summed E-state index contributed by atoms with van der Waals surface area (Å²) in [5, 5.41) is 4.52. The fourth-order valence-corrected chi connectivity index (χ4v) is 2.63. The van der Waals surface area contributed by atoms with Crippen LogP contribution in [0.2, 0.25) is 5.02 Å². The molecular formula is C23H21ClN2O3. The van der Waals surface area contributed by atoms with Crippen LogP contribution in [0, 0.1) is 0 Å². The molecule has 1 atom stereocenters. The number of amides is 1. The third-order valence-electron chi connectivity index (χ3n) is 3.99. The first-order valence-electron chi connectivity index (χ1n) is 9.12. The maximum atomic E-state index is 12.1. The van der Waals surface area contributed by atoms with Crippen LogP contribution in [0.1, 0.15) is 18.1 Å². The van der Waals surface area contributed by atoms with E-state index in [1.165, 1.54) is 0 Å². The van der Waals surface area contributed by atoms with Crippen molar-refractivity contribution in [3.05, 3.63) is 95.0 Å². The van der Waals surface area contributed by atoms with E-state index in [2.05, 4.69) is 10.5 Å². The fourth-order valence-electron chi connectivity index (χ4n) is 2.45. The molecule has 1 amide bonds. The van der Waals surface area contributed by atoms with Crippen molar-refractivity contribution in [1.82, 2.24) is 5.43 Å². The molecule has 1 N–H and O–H groups in total. The van der Waals surface area contributed by atoms with Gasteiger partial charge in [0, 0.05) is 5.02 Å². The molecule has 0 heterocycles. The van der Waals surface area contributed by atoms with Crippen molar-refractivity contribution in [3.63, 3.8) is 0 Å².